The number of imide groups is 1. The first-order valence-electron chi connectivity index (χ1n) is 4.33. The van der Waals surface area contributed by atoms with Gasteiger partial charge < -0.3 is 5.32 Å². The Kier molecular flexibility index (Phi) is 2.40. The molecule has 3 amide bonds. The molecule has 1 aliphatic rings. The molecular formula is C9H8N4O2. The van der Waals surface area contributed by atoms with E-state index in [0.29, 0.717) is 5.69 Å². The Balaban J connectivity index is 2.06. The van der Waals surface area contributed by atoms with E-state index in [1.807, 2.05) is 18.2 Å². The van der Waals surface area contributed by atoms with Crippen molar-refractivity contribution in [2.24, 2.45) is 10.2 Å². The fraction of sp³-hybridized carbons (Fsp3) is 0.111. The SMILES string of the molecule is O=C1NC(=O)C(N=Nc2ccccc2)N1. The molecule has 1 unspecified atom stereocenters. The molecule has 1 heterocycles. The van der Waals surface area contributed by atoms with Gasteiger partial charge in [0, 0.05) is 0 Å². The molecule has 1 aliphatic heterocycles. The summed E-state index contributed by atoms with van der Waals surface area (Å²) in [5.41, 5.74) is 0.631. The largest absolute Gasteiger partial charge is 0.323 e. The molecule has 1 aromatic carbocycles. The number of carbonyl (C=O) groups is 2. The van der Waals surface area contributed by atoms with Crippen LogP contribution >= 0.6 is 0 Å². The van der Waals surface area contributed by atoms with E-state index in [-0.39, 0.29) is 0 Å². The van der Waals surface area contributed by atoms with Crippen LogP contribution in [0.1, 0.15) is 0 Å². The lowest BCUT2D eigenvalue weighted by molar-refractivity contribution is -0.120. The molecule has 0 saturated carbocycles. The molecule has 2 rings (SSSR count). The normalized spacial score (nSPS) is 20.4. The number of hydrogen-bond donors (Lipinski definition) is 2. The first kappa shape index (κ1) is 9.32. The first-order valence-corrected chi connectivity index (χ1v) is 4.33. The van der Waals surface area contributed by atoms with Crippen molar-refractivity contribution in [2.45, 2.75) is 6.17 Å². The van der Waals surface area contributed by atoms with Gasteiger partial charge in [-0.1, -0.05) is 18.2 Å². The molecule has 0 spiro atoms. The third-order valence-electron chi connectivity index (χ3n) is 1.80. The second kappa shape index (κ2) is 3.87. The van der Waals surface area contributed by atoms with Crippen molar-refractivity contribution >= 4 is 17.6 Å². The highest BCUT2D eigenvalue weighted by Gasteiger charge is 2.29. The van der Waals surface area contributed by atoms with E-state index in [1.54, 1.807) is 12.1 Å². The van der Waals surface area contributed by atoms with Crippen LogP contribution in [-0.4, -0.2) is 18.1 Å². The third kappa shape index (κ3) is 2.16. The topological polar surface area (TPSA) is 82.9 Å². The molecule has 2 N–H and O–H groups in total. The van der Waals surface area contributed by atoms with Crippen molar-refractivity contribution in [3.63, 3.8) is 0 Å². The van der Waals surface area contributed by atoms with Crippen molar-refractivity contribution in [3.8, 4) is 0 Å². The third-order valence-corrected chi connectivity index (χ3v) is 1.80. The van der Waals surface area contributed by atoms with Crippen molar-refractivity contribution in [1.29, 1.82) is 0 Å². The van der Waals surface area contributed by atoms with Crippen molar-refractivity contribution in [2.75, 3.05) is 0 Å². The van der Waals surface area contributed by atoms with E-state index in [2.05, 4.69) is 20.9 Å². The lowest BCUT2D eigenvalue weighted by atomic mass is 10.3. The van der Waals surface area contributed by atoms with Crippen LogP contribution in [0, 0.1) is 0 Å². The maximum Gasteiger partial charge on any atom is 0.323 e. The smallest absolute Gasteiger partial charge is 0.306 e. The maximum atomic E-state index is 11.1. The zero-order chi connectivity index (χ0) is 10.7. The molecule has 1 aromatic rings. The molecule has 6 nitrogen and oxygen atoms in total. The van der Waals surface area contributed by atoms with E-state index in [1.165, 1.54) is 0 Å². The lowest BCUT2D eigenvalue weighted by Crippen LogP contribution is -2.25. The summed E-state index contributed by atoms with van der Waals surface area (Å²) in [7, 11) is 0. The summed E-state index contributed by atoms with van der Waals surface area (Å²) in [6, 6.07) is 8.42. The van der Waals surface area contributed by atoms with Crippen LogP contribution in [0.5, 0.6) is 0 Å². The zero-order valence-electron chi connectivity index (χ0n) is 7.68. The van der Waals surface area contributed by atoms with E-state index in [9.17, 15) is 9.59 Å². The maximum absolute atomic E-state index is 11.1. The summed E-state index contributed by atoms with van der Waals surface area (Å²) in [4.78, 5) is 21.8. The number of nitrogens with one attached hydrogen (secondary N) is 2. The summed E-state index contributed by atoms with van der Waals surface area (Å²) in [5, 5.41) is 11.9. The number of urea groups is 1. The predicted octanol–water partition coefficient (Wildman–Crippen LogP) is 0.936. The minimum atomic E-state index is -0.919. The van der Waals surface area contributed by atoms with Gasteiger partial charge in [-0.3, -0.25) is 10.1 Å². The van der Waals surface area contributed by atoms with Gasteiger partial charge in [-0.25, -0.2) is 4.79 Å². The minimum absolute atomic E-state index is 0.486. The molecule has 0 aromatic heterocycles. The van der Waals surface area contributed by atoms with Crippen molar-refractivity contribution in [1.82, 2.24) is 10.6 Å². The van der Waals surface area contributed by atoms with Gasteiger partial charge >= 0.3 is 6.03 Å². The Morgan fingerprint density at radius 2 is 1.87 bits per heavy atom. The van der Waals surface area contributed by atoms with Crippen LogP contribution in [0.2, 0.25) is 0 Å². The van der Waals surface area contributed by atoms with Gasteiger partial charge in [0.1, 0.15) is 0 Å². The molecule has 1 fully saturated rings. The summed E-state index contributed by atoms with van der Waals surface area (Å²) in [6.45, 7) is 0. The Morgan fingerprint density at radius 3 is 2.47 bits per heavy atom. The molecule has 1 saturated heterocycles. The van der Waals surface area contributed by atoms with E-state index in [4.69, 9.17) is 0 Å². The van der Waals surface area contributed by atoms with Crippen LogP contribution in [0.4, 0.5) is 10.5 Å². The summed E-state index contributed by atoms with van der Waals surface area (Å²) in [6.07, 6.45) is -0.919. The van der Waals surface area contributed by atoms with E-state index < -0.39 is 18.1 Å². The molecule has 1 atom stereocenters. The van der Waals surface area contributed by atoms with Gasteiger partial charge in [0.05, 0.1) is 5.69 Å². The van der Waals surface area contributed by atoms with Crippen molar-refractivity contribution < 1.29 is 9.59 Å². The monoisotopic (exact) mass is 204 g/mol. The van der Waals surface area contributed by atoms with Crippen LogP contribution in [0.25, 0.3) is 0 Å². The zero-order valence-corrected chi connectivity index (χ0v) is 7.68. The van der Waals surface area contributed by atoms with Crippen molar-refractivity contribution in [3.05, 3.63) is 30.3 Å². The average molecular weight is 204 g/mol. The van der Waals surface area contributed by atoms with Gasteiger partial charge in [0.25, 0.3) is 5.91 Å². The summed E-state index contributed by atoms with van der Waals surface area (Å²) < 4.78 is 0. The molecular weight excluding hydrogens is 196 g/mol. The molecule has 0 bridgehead atoms. The molecule has 0 radical (unpaired) electrons. The van der Waals surface area contributed by atoms with Gasteiger partial charge in [-0.2, -0.15) is 10.2 Å². The Bertz CT molecular complexity index is 415. The second-order valence-corrected chi connectivity index (χ2v) is 2.92. The molecule has 6 heteroatoms. The number of benzene rings is 1. The summed E-state index contributed by atoms with van der Waals surface area (Å²) >= 11 is 0. The molecule has 76 valence electrons. The number of azo groups is 1. The van der Waals surface area contributed by atoms with Crippen LogP contribution in [0.3, 0.4) is 0 Å². The van der Waals surface area contributed by atoms with Crippen LogP contribution in [-0.2, 0) is 4.79 Å². The van der Waals surface area contributed by atoms with Gasteiger partial charge in [-0.15, -0.1) is 0 Å². The second-order valence-electron chi connectivity index (χ2n) is 2.92. The Hall–Kier alpha value is -2.24. The average Bonchev–Trinajstić information content (AvgIpc) is 2.56. The number of hydrogen-bond acceptors (Lipinski definition) is 4. The van der Waals surface area contributed by atoms with Crippen LogP contribution in [0.15, 0.2) is 40.6 Å². The highest BCUT2D eigenvalue weighted by atomic mass is 16.2. The molecule has 0 aliphatic carbocycles. The highest BCUT2D eigenvalue weighted by molar-refractivity contribution is 6.03. The fourth-order valence-corrected chi connectivity index (χ4v) is 1.11. The standard InChI is InChI=1S/C9H8N4O2/c14-8-7(10-9(15)11-8)13-12-6-4-2-1-3-5-6/h1-5,7H,(H2,10,11,14,15). The lowest BCUT2D eigenvalue weighted by Gasteiger charge is -1.97. The Labute approximate surface area is 85.4 Å². The van der Waals surface area contributed by atoms with E-state index >= 15 is 0 Å². The number of carbonyl (C=O) groups excluding carboxylic acids is 2. The van der Waals surface area contributed by atoms with Gasteiger partial charge in [0.2, 0.25) is 6.17 Å². The quantitative estimate of drug-likeness (QED) is 0.555. The predicted molar refractivity (Wildman–Crippen MR) is 51.4 cm³/mol. The van der Waals surface area contributed by atoms with Gasteiger partial charge in [-0.05, 0) is 12.1 Å². The number of amides is 3. The number of rotatable bonds is 2. The first-order chi connectivity index (χ1) is 7.25. The van der Waals surface area contributed by atoms with E-state index in [0.717, 1.165) is 0 Å². The van der Waals surface area contributed by atoms with Crippen LogP contribution < -0.4 is 10.6 Å². The minimum Gasteiger partial charge on any atom is -0.306 e. The Morgan fingerprint density at radius 1 is 1.13 bits per heavy atom. The fourth-order valence-electron chi connectivity index (χ4n) is 1.11. The van der Waals surface area contributed by atoms with Gasteiger partial charge in [0.15, 0.2) is 0 Å². The molecule has 15 heavy (non-hydrogen) atoms. The summed E-state index contributed by atoms with van der Waals surface area (Å²) in [5.74, 6) is -0.486. The number of nitrogens with zero attached hydrogens (tertiary/aromatic N) is 2. The highest BCUT2D eigenvalue weighted by Crippen LogP contribution is 2.11.